The van der Waals surface area contributed by atoms with Gasteiger partial charge in [-0.3, -0.25) is 19.3 Å². The SMILES string of the molecule is CCN(CC(=O)Nc1ccc(C(=O)N(C)C)cc1)CC(=O)Nc1ccccc1C(F)(F)F. The summed E-state index contributed by atoms with van der Waals surface area (Å²) < 4.78 is 39.2. The summed E-state index contributed by atoms with van der Waals surface area (Å²) in [5.41, 5.74) is -0.327. The standard InChI is InChI=1S/C22H25F3N4O3/c1-4-29(14-20(31)27-18-8-6-5-7-17(18)22(23,24)25)13-19(30)26-16-11-9-15(10-12-16)21(32)28(2)3/h5-12H,4,13-14H2,1-3H3,(H,26,30)(H,27,31). The highest BCUT2D eigenvalue weighted by molar-refractivity contribution is 5.96. The monoisotopic (exact) mass is 450 g/mol. The first kappa shape index (κ1) is 24.9. The summed E-state index contributed by atoms with van der Waals surface area (Å²) in [5, 5.41) is 4.93. The van der Waals surface area contributed by atoms with Gasteiger partial charge in [0.15, 0.2) is 0 Å². The minimum Gasteiger partial charge on any atom is -0.345 e. The number of amides is 3. The predicted molar refractivity (Wildman–Crippen MR) is 115 cm³/mol. The van der Waals surface area contributed by atoms with E-state index < -0.39 is 23.6 Å². The summed E-state index contributed by atoms with van der Waals surface area (Å²) in [6.07, 6.45) is -4.60. The van der Waals surface area contributed by atoms with Gasteiger partial charge in [-0.2, -0.15) is 13.2 Å². The highest BCUT2D eigenvalue weighted by Gasteiger charge is 2.33. The van der Waals surface area contributed by atoms with E-state index in [-0.39, 0.29) is 24.7 Å². The molecule has 0 unspecified atom stereocenters. The van der Waals surface area contributed by atoms with Gasteiger partial charge < -0.3 is 15.5 Å². The number of likely N-dealkylation sites (N-methyl/N-ethyl adjacent to an activating group) is 1. The van der Waals surface area contributed by atoms with Crippen molar-refractivity contribution in [2.24, 2.45) is 0 Å². The van der Waals surface area contributed by atoms with Crippen molar-refractivity contribution >= 4 is 29.1 Å². The van der Waals surface area contributed by atoms with E-state index in [2.05, 4.69) is 10.6 Å². The van der Waals surface area contributed by atoms with Gasteiger partial charge in [-0.05, 0) is 42.9 Å². The molecule has 0 aromatic heterocycles. The lowest BCUT2D eigenvalue weighted by atomic mass is 10.1. The van der Waals surface area contributed by atoms with Crippen LogP contribution in [0.4, 0.5) is 24.5 Å². The van der Waals surface area contributed by atoms with Crippen LogP contribution in [0.2, 0.25) is 0 Å². The number of nitrogens with zero attached hydrogens (tertiary/aromatic N) is 2. The highest BCUT2D eigenvalue weighted by Crippen LogP contribution is 2.34. The normalized spacial score (nSPS) is 11.2. The third kappa shape index (κ3) is 7.09. The fraction of sp³-hybridized carbons (Fsp3) is 0.318. The number of hydrogen-bond acceptors (Lipinski definition) is 4. The second-order valence-corrected chi connectivity index (χ2v) is 7.22. The van der Waals surface area contributed by atoms with Crippen LogP contribution in [-0.4, -0.2) is 61.3 Å². The topological polar surface area (TPSA) is 81.8 Å². The molecule has 2 aromatic rings. The van der Waals surface area contributed by atoms with Crippen molar-refractivity contribution in [2.45, 2.75) is 13.1 Å². The summed E-state index contributed by atoms with van der Waals surface area (Å²) in [4.78, 5) is 39.4. The quantitative estimate of drug-likeness (QED) is 0.647. The van der Waals surface area contributed by atoms with Crippen LogP contribution < -0.4 is 10.6 Å². The molecule has 0 saturated carbocycles. The second-order valence-electron chi connectivity index (χ2n) is 7.22. The Kier molecular flexibility index (Phi) is 8.36. The maximum Gasteiger partial charge on any atom is 0.418 e. The van der Waals surface area contributed by atoms with E-state index in [4.69, 9.17) is 0 Å². The number of benzene rings is 2. The van der Waals surface area contributed by atoms with Crippen molar-refractivity contribution in [3.05, 3.63) is 59.7 Å². The smallest absolute Gasteiger partial charge is 0.345 e. The maximum atomic E-state index is 13.1. The Bertz CT molecular complexity index is 960. The number of hydrogen-bond donors (Lipinski definition) is 2. The van der Waals surface area contributed by atoms with Crippen molar-refractivity contribution < 1.29 is 27.6 Å². The number of carbonyl (C=O) groups excluding carboxylic acids is 3. The highest BCUT2D eigenvalue weighted by atomic mass is 19.4. The summed E-state index contributed by atoms with van der Waals surface area (Å²) in [6, 6.07) is 11.0. The van der Waals surface area contributed by atoms with E-state index in [1.54, 1.807) is 45.3 Å². The molecule has 7 nitrogen and oxygen atoms in total. The zero-order valence-corrected chi connectivity index (χ0v) is 18.0. The molecule has 2 N–H and O–H groups in total. The lowest BCUT2D eigenvalue weighted by Crippen LogP contribution is -2.38. The fourth-order valence-electron chi connectivity index (χ4n) is 2.87. The summed E-state index contributed by atoms with van der Waals surface area (Å²) >= 11 is 0. The molecule has 0 aliphatic rings. The van der Waals surface area contributed by atoms with Crippen LogP contribution >= 0.6 is 0 Å². The molecular weight excluding hydrogens is 425 g/mol. The van der Waals surface area contributed by atoms with E-state index in [0.717, 1.165) is 6.07 Å². The number of para-hydroxylation sites is 1. The largest absolute Gasteiger partial charge is 0.418 e. The Morgan fingerprint density at radius 1 is 0.875 bits per heavy atom. The molecule has 0 saturated heterocycles. The van der Waals surface area contributed by atoms with Crippen molar-refractivity contribution in [1.82, 2.24) is 9.80 Å². The molecule has 2 rings (SSSR count). The zero-order valence-electron chi connectivity index (χ0n) is 18.0. The molecule has 0 radical (unpaired) electrons. The minimum absolute atomic E-state index is 0.136. The first-order valence-corrected chi connectivity index (χ1v) is 9.81. The first-order chi connectivity index (χ1) is 15.0. The Morgan fingerprint density at radius 2 is 1.44 bits per heavy atom. The molecule has 172 valence electrons. The summed E-state index contributed by atoms with van der Waals surface area (Å²) in [6.45, 7) is 1.67. The number of nitrogens with one attached hydrogen (secondary N) is 2. The van der Waals surface area contributed by atoms with E-state index in [1.807, 2.05) is 0 Å². The summed E-state index contributed by atoms with van der Waals surface area (Å²) in [5.74, 6) is -1.23. The average Bonchev–Trinajstić information content (AvgIpc) is 2.72. The van der Waals surface area contributed by atoms with Gasteiger partial charge >= 0.3 is 6.18 Å². The lowest BCUT2D eigenvalue weighted by molar-refractivity contribution is -0.137. The van der Waals surface area contributed by atoms with E-state index in [9.17, 15) is 27.6 Å². The van der Waals surface area contributed by atoms with Crippen LogP contribution in [0.25, 0.3) is 0 Å². The molecule has 2 aromatic carbocycles. The van der Waals surface area contributed by atoms with Gasteiger partial charge in [0.25, 0.3) is 5.91 Å². The molecule has 0 fully saturated rings. The molecule has 0 aliphatic heterocycles. The van der Waals surface area contributed by atoms with Gasteiger partial charge in [-0.1, -0.05) is 19.1 Å². The molecule has 10 heteroatoms. The van der Waals surface area contributed by atoms with Crippen LogP contribution in [-0.2, 0) is 15.8 Å². The molecule has 0 atom stereocenters. The molecular formula is C22H25F3N4O3. The zero-order chi connectivity index (χ0) is 23.9. The van der Waals surface area contributed by atoms with Crippen LogP contribution in [0.1, 0.15) is 22.8 Å². The van der Waals surface area contributed by atoms with Crippen molar-refractivity contribution in [3.8, 4) is 0 Å². The third-order valence-electron chi connectivity index (χ3n) is 4.51. The lowest BCUT2D eigenvalue weighted by Gasteiger charge is -2.20. The molecule has 3 amide bonds. The van der Waals surface area contributed by atoms with Gasteiger partial charge in [-0.25, -0.2) is 0 Å². The molecule has 32 heavy (non-hydrogen) atoms. The molecule has 0 bridgehead atoms. The van der Waals surface area contributed by atoms with Crippen LogP contribution in [0, 0.1) is 0 Å². The molecule has 0 heterocycles. The first-order valence-electron chi connectivity index (χ1n) is 9.81. The van der Waals surface area contributed by atoms with E-state index in [1.165, 1.54) is 28.0 Å². The average molecular weight is 450 g/mol. The van der Waals surface area contributed by atoms with Gasteiger partial charge in [0.2, 0.25) is 11.8 Å². The van der Waals surface area contributed by atoms with Crippen molar-refractivity contribution in [2.75, 3.05) is 44.4 Å². The number of alkyl halides is 3. The van der Waals surface area contributed by atoms with Crippen LogP contribution in [0.5, 0.6) is 0 Å². The van der Waals surface area contributed by atoms with Gasteiger partial charge in [0, 0.05) is 25.3 Å². The number of carbonyl (C=O) groups is 3. The Hall–Kier alpha value is -3.40. The number of rotatable bonds is 8. The Balaban J connectivity index is 1.94. The maximum absolute atomic E-state index is 13.1. The van der Waals surface area contributed by atoms with Crippen molar-refractivity contribution in [3.63, 3.8) is 0 Å². The van der Waals surface area contributed by atoms with E-state index in [0.29, 0.717) is 17.8 Å². The van der Waals surface area contributed by atoms with Crippen molar-refractivity contribution in [1.29, 1.82) is 0 Å². The van der Waals surface area contributed by atoms with Gasteiger partial charge in [-0.15, -0.1) is 0 Å². The van der Waals surface area contributed by atoms with Gasteiger partial charge in [0.1, 0.15) is 0 Å². The van der Waals surface area contributed by atoms with Gasteiger partial charge in [0.05, 0.1) is 24.3 Å². The molecule has 0 spiro atoms. The Morgan fingerprint density at radius 3 is 1.97 bits per heavy atom. The predicted octanol–water partition coefficient (Wildman–Crippen LogP) is 3.31. The minimum atomic E-state index is -4.60. The fourth-order valence-corrected chi connectivity index (χ4v) is 2.87. The number of halogens is 3. The van der Waals surface area contributed by atoms with Crippen LogP contribution in [0.15, 0.2) is 48.5 Å². The second kappa shape index (κ2) is 10.8. The number of anilines is 2. The van der Waals surface area contributed by atoms with Crippen LogP contribution in [0.3, 0.4) is 0 Å². The summed E-state index contributed by atoms with van der Waals surface area (Å²) in [7, 11) is 3.27. The molecule has 0 aliphatic carbocycles. The third-order valence-corrected chi connectivity index (χ3v) is 4.51. The Labute approximate surface area is 184 Å². The van der Waals surface area contributed by atoms with E-state index >= 15 is 0 Å².